The number of hydrogen-bond donors (Lipinski definition) is 1. The van der Waals surface area contributed by atoms with Gasteiger partial charge >= 0.3 is 6.18 Å². The smallest absolute Gasteiger partial charge is 0.333 e. The Labute approximate surface area is 117 Å². The number of nitrogens with one attached hydrogen (secondary N) is 1. The van der Waals surface area contributed by atoms with Crippen LogP contribution in [0.15, 0.2) is 12.5 Å². The molecule has 1 fully saturated rings. The highest BCUT2D eigenvalue weighted by molar-refractivity contribution is 5.07. The van der Waals surface area contributed by atoms with Gasteiger partial charge in [-0.1, -0.05) is 0 Å². The van der Waals surface area contributed by atoms with Gasteiger partial charge in [0.25, 0.3) is 0 Å². The third-order valence-electron chi connectivity index (χ3n) is 3.83. The van der Waals surface area contributed by atoms with E-state index in [1.807, 2.05) is 10.8 Å². The molecule has 2 rings (SSSR count). The summed E-state index contributed by atoms with van der Waals surface area (Å²) in [5.74, 6) is 0. The SMILES string of the molecule is CC1CCCC(c2cncn2CCCCC(F)(F)F)N1. The van der Waals surface area contributed by atoms with E-state index in [1.54, 1.807) is 6.33 Å². The molecule has 0 saturated carbocycles. The van der Waals surface area contributed by atoms with Crippen LogP contribution in [0.2, 0.25) is 0 Å². The topological polar surface area (TPSA) is 29.9 Å². The Hall–Kier alpha value is -1.04. The maximum absolute atomic E-state index is 12.1. The lowest BCUT2D eigenvalue weighted by Gasteiger charge is -2.29. The first kappa shape index (κ1) is 15.4. The van der Waals surface area contributed by atoms with Crippen molar-refractivity contribution in [1.82, 2.24) is 14.9 Å². The number of halogens is 3. The lowest BCUT2D eigenvalue weighted by molar-refractivity contribution is -0.135. The molecule has 2 atom stereocenters. The van der Waals surface area contributed by atoms with Crippen molar-refractivity contribution in [1.29, 1.82) is 0 Å². The summed E-state index contributed by atoms with van der Waals surface area (Å²) in [4.78, 5) is 4.15. The van der Waals surface area contributed by atoms with Crippen LogP contribution in [-0.4, -0.2) is 21.8 Å². The van der Waals surface area contributed by atoms with Crippen LogP contribution in [0.3, 0.4) is 0 Å². The number of nitrogens with zero attached hydrogens (tertiary/aromatic N) is 2. The van der Waals surface area contributed by atoms with E-state index in [1.165, 1.54) is 12.8 Å². The predicted octanol–water partition coefficient (Wildman–Crippen LogP) is 3.82. The second kappa shape index (κ2) is 6.61. The van der Waals surface area contributed by atoms with Gasteiger partial charge < -0.3 is 9.88 Å². The Morgan fingerprint density at radius 3 is 2.85 bits per heavy atom. The lowest BCUT2D eigenvalue weighted by Crippen LogP contribution is -2.35. The zero-order valence-corrected chi connectivity index (χ0v) is 11.8. The number of rotatable bonds is 5. The lowest BCUT2D eigenvalue weighted by atomic mass is 9.97. The Balaban J connectivity index is 1.85. The first-order valence-corrected chi connectivity index (χ1v) is 7.28. The Morgan fingerprint density at radius 2 is 2.15 bits per heavy atom. The molecule has 1 N–H and O–H groups in total. The van der Waals surface area contributed by atoms with E-state index in [9.17, 15) is 13.2 Å². The number of piperidine rings is 1. The van der Waals surface area contributed by atoms with E-state index >= 15 is 0 Å². The summed E-state index contributed by atoms with van der Waals surface area (Å²) in [5, 5.41) is 3.53. The van der Waals surface area contributed by atoms with E-state index in [2.05, 4.69) is 17.2 Å². The van der Waals surface area contributed by atoms with Crippen molar-refractivity contribution in [3.8, 4) is 0 Å². The molecule has 114 valence electrons. The van der Waals surface area contributed by atoms with Crippen molar-refractivity contribution in [2.45, 2.75) is 70.3 Å². The van der Waals surface area contributed by atoms with E-state index in [0.717, 1.165) is 12.1 Å². The fourth-order valence-electron chi connectivity index (χ4n) is 2.79. The molecule has 0 aliphatic carbocycles. The van der Waals surface area contributed by atoms with Crippen molar-refractivity contribution in [3.05, 3.63) is 18.2 Å². The quantitative estimate of drug-likeness (QED) is 0.835. The minimum atomic E-state index is -4.04. The third-order valence-corrected chi connectivity index (χ3v) is 3.83. The number of aromatic nitrogens is 2. The first-order chi connectivity index (χ1) is 9.46. The van der Waals surface area contributed by atoms with E-state index in [4.69, 9.17) is 0 Å². The van der Waals surface area contributed by atoms with Crippen molar-refractivity contribution in [3.63, 3.8) is 0 Å². The summed E-state index contributed by atoms with van der Waals surface area (Å²) >= 11 is 0. The zero-order valence-electron chi connectivity index (χ0n) is 11.8. The monoisotopic (exact) mass is 289 g/mol. The summed E-state index contributed by atoms with van der Waals surface area (Å²) < 4.78 is 38.3. The number of unbranched alkanes of at least 4 members (excludes halogenated alkanes) is 1. The number of hydrogen-bond acceptors (Lipinski definition) is 2. The molecule has 2 heterocycles. The van der Waals surface area contributed by atoms with E-state index < -0.39 is 12.6 Å². The van der Waals surface area contributed by atoms with Crippen LogP contribution in [0.25, 0.3) is 0 Å². The molecule has 0 aromatic carbocycles. The molecule has 1 aromatic heterocycles. The maximum Gasteiger partial charge on any atom is 0.389 e. The Morgan fingerprint density at radius 1 is 1.35 bits per heavy atom. The molecule has 20 heavy (non-hydrogen) atoms. The summed E-state index contributed by atoms with van der Waals surface area (Å²) in [7, 11) is 0. The highest BCUT2D eigenvalue weighted by atomic mass is 19.4. The normalized spacial score (nSPS) is 24.0. The van der Waals surface area contributed by atoms with Gasteiger partial charge in [-0.2, -0.15) is 13.2 Å². The molecule has 1 aliphatic heterocycles. The van der Waals surface area contributed by atoms with Crippen LogP contribution < -0.4 is 5.32 Å². The largest absolute Gasteiger partial charge is 0.389 e. The van der Waals surface area contributed by atoms with Crippen LogP contribution in [0.4, 0.5) is 13.2 Å². The average Bonchev–Trinajstić information content (AvgIpc) is 2.82. The van der Waals surface area contributed by atoms with Gasteiger partial charge in [0, 0.05) is 31.2 Å². The molecule has 1 aliphatic rings. The van der Waals surface area contributed by atoms with Crippen molar-refractivity contribution in [2.75, 3.05) is 0 Å². The number of aryl methyl sites for hydroxylation is 1. The minimum absolute atomic E-state index is 0.176. The van der Waals surface area contributed by atoms with Crippen molar-refractivity contribution in [2.24, 2.45) is 0 Å². The van der Waals surface area contributed by atoms with Crippen LogP contribution in [0.1, 0.15) is 57.2 Å². The van der Waals surface area contributed by atoms with Gasteiger partial charge in [-0.05, 0) is 39.0 Å². The van der Waals surface area contributed by atoms with Crippen LogP contribution in [0.5, 0.6) is 0 Å². The van der Waals surface area contributed by atoms with Crippen molar-refractivity contribution < 1.29 is 13.2 Å². The van der Waals surface area contributed by atoms with Gasteiger partial charge in [-0.15, -0.1) is 0 Å². The van der Waals surface area contributed by atoms with Gasteiger partial charge in [0.05, 0.1) is 12.0 Å². The number of imidazole rings is 1. The molecule has 0 bridgehead atoms. The molecule has 3 nitrogen and oxygen atoms in total. The fourth-order valence-corrected chi connectivity index (χ4v) is 2.79. The Bertz CT molecular complexity index is 414. The second-order valence-corrected chi connectivity index (χ2v) is 5.64. The summed E-state index contributed by atoms with van der Waals surface area (Å²) in [5.41, 5.74) is 1.10. The molecular weight excluding hydrogens is 267 g/mol. The second-order valence-electron chi connectivity index (χ2n) is 5.64. The van der Waals surface area contributed by atoms with Crippen LogP contribution >= 0.6 is 0 Å². The van der Waals surface area contributed by atoms with Gasteiger partial charge in [-0.25, -0.2) is 4.98 Å². The highest BCUT2D eigenvalue weighted by Gasteiger charge is 2.26. The van der Waals surface area contributed by atoms with E-state index in [-0.39, 0.29) is 12.5 Å². The maximum atomic E-state index is 12.1. The molecule has 2 unspecified atom stereocenters. The van der Waals surface area contributed by atoms with Crippen molar-refractivity contribution >= 4 is 0 Å². The molecule has 0 amide bonds. The average molecular weight is 289 g/mol. The molecule has 0 spiro atoms. The summed E-state index contributed by atoms with van der Waals surface area (Å²) in [6.07, 6.45) is 2.95. The van der Waals surface area contributed by atoms with Crippen LogP contribution in [0, 0.1) is 0 Å². The van der Waals surface area contributed by atoms with Gasteiger partial charge in [0.1, 0.15) is 0 Å². The van der Waals surface area contributed by atoms with Gasteiger partial charge in [0.2, 0.25) is 0 Å². The van der Waals surface area contributed by atoms with Gasteiger partial charge in [0.15, 0.2) is 0 Å². The van der Waals surface area contributed by atoms with Crippen LogP contribution in [-0.2, 0) is 6.54 Å². The minimum Gasteiger partial charge on any atom is -0.333 e. The molecule has 6 heteroatoms. The van der Waals surface area contributed by atoms with Gasteiger partial charge in [-0.3, -0.25) is 0 Å². The Kier molecular flexibility index (Phi) is 5.07. The molecule has 1 aromatic rings. The van der Waals surface area contributed by atoms with E-state index in [0.29, 0.717) is 19.0 Å². The predicted molar refractivity (Wildman–Crippen MR) is 71.3 cm³/mol. The summed E-state index contributed by atoms with van der Waals surface area (Å²) in [6.45, 7) is 2.77. The number of alkyl halides is 3. The zero-order chi connectivity index (χ0) is 14.6. The molecular formula is C14H22F3N3. The fraction of sp³-hybridized carbons (Fsp3) is 0.786. The third kappa shape index (κ3) is 4.51. The summed E-state index contributed by atoms with van der Waals surface area (Å²) in [6, 6.07) is 0.770. The molecule has 0 radical (unpaired) electrons. The standard InChI is InChI=1S/C14H22F3N3/c1-11-5-4-6-12(19-11)13-9-18-10-20(13)8-3-2-7-14(15,16)17/h9-12,19H,2-8H2,1H3. The highest BCUT2D eigenvalue weighted by Crippen LogP contribution is 2.26. The first-order valence-electron chi connectivity index (χ1n) is 7.28. The molecule has 1 saturated heterocycles.